The quantitative estimate of drug-likeness (QED) is 0.222. The maximum absolute atomic E-state index is 14.2. The standard InChI is InChI=1S/C40H56O9/c1-19-17-47-29-21(19)7-10-24-23(29)9-11-25-36(24,5)16-14-27(41)37(25,6)18-48-34-38-26-12-8-22-20(2)31(43)39(26,32(22)44)40(46,49-34)33(45)30(38)35(3,4)15-13-28(38)42/h9,21-22,24-30,32-34,41-42,44-46H,1-2,7-8,10-18H2,3-6H3/t21-,22-,24+,25-,26-,27+,28-,29+,30+,32+,33-,34?,36-,37+,38?,39-,40-/m0/s1. The topological polar surface area (TPSA) is 146 Å². The fraction of sp³-hybridized carbons (Fsp3) is 0.825. The molecule has 0 aromatic rings. The van der Waals surface area contributed by atoms with Crippen LogP contribution in [0.15, 0.2) is 36.0 Å². The van der Waals surface area contributed by atoms with E-state index in [1.807, 2.05) is 13.8 Å². The number of fused-ring (bicyclic) bond motifs is 7. The molecule has 9 nitrogen and oxygen atoms in total. The Morgan fingerprint density at radius 2 is 1.61 bits per heavy atom. The molecule has 2 spiro atoms. The van der Waals surface area contributed by atoms with Gasteiger partial charge in [0.1, 0.15) is 11.5 Å². The molecule has 10 rings (SSSR count). The number of ether oxygens (including phenoxy) is 3. The number of hydrogen-bond donors (Lipinski definition) is 5. The predicted octanol–water partition coefficient (Wildman–Crippen LogP) is 3.81. The highest BCUT2D eigenvalue weighted by molar-refractivity contribution is 6.05. The van der Waals surface area contributed by atoms with Gasteiger partial charge in [0.15, 0.2) is 12.1 Å². The molecule has 0 aromatic heterocycles. The van der Waals surface area contributed by atoms with Gasteiger partial charge in [-0.25, -0.2) is 0 Å². The van der Waals surface area contributed by atoms with Gasteiger partial charge in [0.05, 0.1) is 43.0 Å². The minimum atomic E-state index is -2.44. The first-order chi connectivity index (χ1) is 23.0. The Hall–Kier alpha value is -1.43. The number of carbonyl (C=O) groups is 1. The van der Waals surface area contributed by atoms with Gasteiger partial charge in [0.25, 0.3) is 0 Å². The van der Waals surface area contributed by atoms with Gasteiger partial charge in [-0.1, -0.05) is 46.9 Å². The summed E-state index contributed by atoms with van der Waals surface area (Å²) in [6.07, 6.45) is 3.21. The summed E-state index contributed by atoms with van der Waals surface area (Å²) in [5, 5.41) is 60.9. The average Bonchev–Trinajstić information content (AvgIpc) is 3.48. The van der Waals surface area contributed by atoms with E-state index in [1.165, 1.54) is 11.1 Å². The van der Waals surface area contributed by atoms with E-state index < -0.39 is 81.7 Å². The highest BCUT2D eigenvalue weighted by atomic mass is 16.8. The first-order valence-corrected chi connectivity index (χ1v) is 19.0. The Balaban J connectivity index is 1.11. The molecular weight excluding hydrogens is 624 g/mol. The molecule has 6 saturated carbocycles. The summed E-state index contributed by atoms with van der Waals surface area (Å²) < 4.78 is 19.8. The van der Waals surface area contributed by atoms with Gasteiger partial charge in [-0.2, -0.15) is 0 Å². The first kappa shape index (κ1) is 33.4. The van der Waals surface area contributed by atoms with Crippen molar-refractivity contribution >= 4 is 5.78 Å². The van der Waals surface area contributed by atoms with Crippen LogP contribution in [0.5, 0.6) is 0 Å². The second-order valence-corrected chi connectivity index (χ2v) is 19.0. The molecule has 17 atom stereocenters. The molecule has 3 saturated heterocycles. The summed E-state index contributed by atoms with van der Waals surface area (Å²) in [5.74, 6) is -4.00. The van der Waals surface area contributed by atoms with E-state index in [0.717, 1.165) is 25.7 Å². The zero-order valence-electron chi connectivity index (χ0n) is 29.6. The third kappa shape index (κ3) is 3.59. The van der Waals surface area contributed by atoms with E-state index in [1.54, 1.807) is 0 Å². The SMILES string of the molecule is C=C1C(=O)[C@]23[C@H](O)[C@H]1CC[C@H]2C12C(OC[C@]4(C)[C@H]5CC=C6[C@@H](CC[C@H]7C(=C)CO[C@@H]67)[C@]5(C)CC[C@H]4O)O[C@@]3(O)[C@@H](O)[C@@H]1C(C)(C)CC[C@@H]2O. The van der Waals surface area contributed by atoms with Gasteiger partial charge in [-0.15, -0.1) is 0 Å². The van der Waals surface area contributed by atoms with E-state index in [0.29, 0.717) is 50.5 Å². The molecule has 4 bridgehead atoms. The van der Waals surface area contributed by atoms with Gasteiger partial charge < -0.3 is 39.7 Å². The zero-order chi connectivity index (χ0) is 34.8. The van der Waals surface area contributed by atoms with Crippen molar-refractivity contribution in [3.63, 3.8) is 0 Å². The van der Waals surface area contributed by atoms with E-state index in [9.17, 15) is 30.3 Å². The number of allylic oxidation sites excluding steroid dienone is 1. The lowest BCUT2D eigenvalue weighted by Gasteiger charge is -2.76. The van der Waals surface area contributed by atoms with Gasteiger partial charge in [-0.05, 0) is 103 Å². The van der Waals surface area contributed by atoms with Crippen molar-refractivity contribution in [2.24, 2.45) is 62.6 Å². The molecular formula is C40H56O9. The highest BCUT2D eigenvalue weighted by Crippen LogP contribution is 2.78. The van der Waals surface area contributed by atoms with Crippen LogP contribution in [0.3, 0.4) is 0 Å². The van der Waals surface area contributed by atoms with Gasteiger partial charge in [-0.3, -0.25) is 4.79 Å². The van der Waals surface area contributed by atoms with E-state index in [-0.39, 0.29) is 29.6 Å². The van der Waals surface area contributed by atoms with Crippen molar-refractivity contribution in [3.8, 4) is 0 Å². The Morgan fingerprint density at radius 1 is 0.898 bits per heavy atom. The summed E-state index contributed by atoms with van der Waals surface area (Å²) in [6.45, 7) is 17.6. The molecule has 7 aliphatic carbocycles. The summed E-state index contributed by atoms with van der Waals surface area (Å²) in [7, 11) is 0. The normalized spacial score (nSPS) is 58.3. The lowest BCUT2D eigenvalue weighted by Crippen LogP contribution is -2.88. The largest absolute Gasteiger partial charge is 0.392 e. The molecule has 3 heterocycles. The first-order valence-electron chi connectivity index (χ1n) is 19.0. The molecule has 9 heteroatoms. The number of hydrogen-bond acceptors (Lipinski definition) is 9. The summed E-state index contributed by atoms with van der Waals surface area (Å²) in [5.41, 5.74) is -1.58. The molecule has 9 fully saturated rings. The van der Waals surface area contributed by atoms with Crippen molar-refractivity contribution in [1.82, 2.24) is 0 Å². The van der Waals surface area contributed by atoms with Crippen LogP contribution in [0.1, 0.15) is 85.5 Å². The maximum Gasteiger partial charge on any atom is 0.211 e. The number of rotatable bonds is 3. The number of aliphatic hydroxyl groups is 5. The monoisotopic (exact) mass is 680 g/mol. The lowest BCUT2D eigenvalue weighted by molar-refractivity contribution is -0.513. The minimum absolute atomic E-state index is 0.0865. The Bertz CT molecular complexity index is 1540. The number of aliphatic hydroxyl groups excluding tert-OH is 4. The second-order valence-electron chi connectivity index (χ2n) is 19.0. The van der Waals surface area contributed by atoms with Crippen LogP contribution in [0.25, 0.3) is 0 Å². The minimum Gasteiger partial charge on any atom is -0.392 e. The third-order valence-corrected chi connectivity index (χ3v) is 17.0. The van der Waals surface area contributed by atoms with Gasteiger partial charge in [0.2, 0.25) is 5.79 Å². The van der Waals surface area contributed by atoms with Crippen molar-refractivity contribution < 1.29 is 44.5 Å². The predicted molar refractivity (Wildman–Crippen MR) is 178 cm³/mol. The summed E-state index contributed by atoms with van der Waals surface area (Å²) in [4.78, 5) is 14.2. The molecule has 49 heavy (non-hydrogen) atoms. The number of Topliss-reactive ketones (excluding diaryl/α,β-unsaturated/α-hetero) is 1. The summed E-state index contributed by atoms with van der Waals surface area (Å²) >= 11 is 0. The molecule has 270 valence electrons. The molecule has 0 aromatic carbocycles. The van der Waals surface area contributed by atoms with Crippen molar-refractivity contribution in [3.05, 3.63) is 36.0 Å². The third-order valence-electron chi connectivity index (χ3n) is 17.0. The zero-order valence-corrected chi connectivity index (χ0v) is 29.6. The smallest absolute Gasteiger partial charge is 0.211 e. The van der Waals surface area contributed by atoms with E-state index in [2.05, 4.69) is 33.1 Å². The molecule has 10 aliphatic rings. The van der Waals surface area contributed by atoms with Crippen LogP contribution in [-0.2, 0) is 19.0 Å². The molecule has 3 aliphatic heterocycles. The van der Waals surface area contributed by atoms with Gasteiger partial charge >= 0.3 is 0 Å². The number of carbonyl (C=O) groups excluding carboxylic acids is 1. The molecule has 0 amide bonds. The van der Waals surface area contributed by atoms with Crippen LogP contribution in [0.4, 0.5) is 0 Å². The lowest BCUT2D eigenvalue weighted by atomic mass is 9.35. The Labute approximate surface area is 289 Å². The Morgan fingerprint density at radius 3 is 2.37 bits per heavy atom. The highest BCUT2D eigenvalue weighted by Gasteiger charge is 2.89. The van der Waals surface area contributed by atoms with Gasteiger partial charge in [0, 0.05) is 23.2 Å². The fourth-order valence-corrected chi connectivity index (χ4v) is 14.7. The molecule has 0 radical (unpaired) electrons. The maximum atomic E-state index is 14.2. The molecule has 2 unspecified atom stereocenters. The summed E-state index contributed by atoms with van der Waals surface area (Å²) in [6, 6.07) is 0. The number of ketones is 1. The van der Waals surface area contributed by atoms with Crippen LogP contribution in [0, 0.1) is 62.6 Å². The van der Waals surface area contributed by atoms with Crippen molar-refractivity contribution in [1.29, 1.82) is 0 Å². The van der Waals surface area contributed by atoms with Crippen LogP contribution in [-0.4, -0.2) is 87.1 Å². The van der Waals surface area contributed by atoms with Crippen LogP contribution < -0.4 is 0 Å². The fourth-order valence-electron chi connectivity index (χ4n) is 14.7. The second kappa shape index (κ2) is 10.2. The van der Waals surface area contributed by atoms with E-state index in [4.69, 9.17) is 14.2 Å². The van der Waals surface area contributed by atoms with Crippen molar-refractivity contribution in [2.45, 2.75) is 128 Å². The van der Waals surface area contributed by atoms with Crippen molar-refractivity contribution in [2.75, 3.05) is 13.2 Å². The van der Waals surface area contributed by atoms with E-state index >= 15 is 0 Å². The average molecular weight is 681 g/mol. The molecule has 5 N–H and O–H groups in total. The van der Waals surface area contributed by atoms with Crippen LogP contribution >= 0.6 is 0 Å². The Kier molecular flexibility index (Phi) is 6.93. The van der Waals surface area contributed by atoms with Crippen LogP contribution in [0.2, 0.25) is 0 Å².